The minimum Gasteiger partial charge on any atom is -0.512 e. The smallest absolute Gasteiger partial charge is 0.155 e. The van der Waals surface area contributed by atoms with Crippen molar-refractivity contribution in [1.29, 1.82) is 0 Å². The molecule has 0 unspecified atom stereocenters. The van der Waals surface area contributed by atoms with Gasteiger partial charge in [-0.05, 0) is 13.7 Å². The molecule has 0 bridgehead atoms. The second-order valence-corrected chi connectivity index (χ2v) is 0.894. The molecule has 0 spiro atoms. The van der Waals surface area contributed by atoms with Crippen molar-refractivity contribution in [3.63, 3.8) is 0 Å². The molecule has 0 heterocycles. The van der Waals surface area contributed by atoms with E-state index in [0.29, 0.717) is 0 Å². The van der Waals surface area contributed by atoms with Crippen LogP contribution in [0.5, 0.6) is 0 Å². The van der Waals surface area contributed by atoms with Crippen LogP contribution in [0.4, 0.5) is 0 Å². The highest BCUT2D eigenvalue weighted by atomic mass is 16.3. The summed E-state index contributed by atoms with van der Waals surface area (Å²) in [5.41, 5.74) is 0. The van der Waals surface area contributed by atoms with E-state index >= 15 is 0 Å². The number of allylic oxidation sites excluding steroid dienone is 2. The number of aliphatic hydroxyl groups excluding tert-OH is 1. The molecular weight excluding hydrogens is 92.1 g/mol. The quantitative estimate of drug-likeness (QED) is 0.400. The van der Waals surface area contributed by atoms with Gasteiger partial charge in [0.25, 0.3) is 0 Å². The zero-order valence-electron chi connectivity index (χ0n) is 9.43. The van der Waals surface area contributed by atoms with Crippen LogP contribution in [0.25, 0.3) is 0 Å². The predicted molar refractivity (Wildman–Crippen MR) is 27.1 cm³/mol. The lowest BCUT2D eigenvalue weighted by molar-refractivity contribution is -0.112. The van der Waals surface area contributed by atoms with Gasteiger partial charge in [-0.25, -0.2) is 0 Å². The summed E-state index contributed by atoms with van der Waals surface area (Å²) in [6, 6.07) is 0. The fourth-order valence-corrected chi connectivity index (χ4v) is 0.124. The molecule has 0 atom stereocenters. The molecular formula is C5H8O2. The zero-order valence-corrected chi connectivity index (χ0v) is 3.43. The second-order valence-electron chi connectivity index (χ2n) is 0.894. The van der Waals surface area contributed by atoms with Crippen molar-refractivity contribution >= 4 is 5.78 Å². The zero-order chi connectivity index (χ0) is 10.9. The number of hydrogen-bond acceptors (Lipinski definition) is 2. The topological polar surface area (TPSA) is 37.3 Å². The molecule has 0 aliphatic carbocycles. The molecule has 0 aromatic heterocycles. The van der Waals surface area contributed by atoms with Crippen molar-refractivity contribution in [3.05, 3.63) is 11.8 Å². The highest BCUT2D eigenvalue weighted by molar-refractivity contribution is 5.87. The summed E-state index contributed by atoms with van der Waals surface area (Å²) in [7, 11) is 0. The van der Waals surface area contributed by atoms with E-state index < -0.39 is 25.2 Å². The molecule has 0 amide bonds. The Morgan fingerprint density at radius 1 is 1.86 bits per heavy atom. The van der Waals surface area contributed by atoms with Gasteiger partial charge in [0.15, 0.2) is 5.78 Å². The highest BCUT2D eigenvalue weighted by Gasteiger charge is 1.82. The van der Waals surface area contributed by atoms with Gasteiger partial charge in [0, 0.05) is 14.3 Å². The van der Waals surface area contributed by atoms with Gasteiger partial charge in [0.05, 0.1) is 5.76 Å². The Bertz CT molecular complexity index is 234. The van der Waals surface area contributed by atoms with E-state index in [1.165, 1.54) is 0 Å². The van der Waals surface area contributed by atoms with Gasteiger partial charge in [0.1, 0.15) is 0 Å². The molecule has 0 aliphatic heterocycles. The van der Waals surface area contributed by atoms with Crippen LogP contribution >= 0.6 is 0 Å². The van der Waals surface area contributed by atoms with Crippen LogP contribution in [0, 0.1) is 0 Å². The Morgan fingerprint density at radius 2 is 2.57 bits per heavy atom. The van der Waals surface area contributed by atoms with Crippen molar-refractivity contribution < 1.29 is 18.1 Å². The fourth-order valence-electron chi connectivity index (χ4n) is 0.124. The van der Waals surface area contributed by atoms with E-state index in [1.54, 1.807) is 0 Å². The van der Waals surface area contributed by atoms with Crippen LogP contribution in [0.3, 0.4) is 0 Å². The second kappa shape index (κ2) is 2.39. The van der Waals surface area contributed by atoms with Crippen molar-refractivity contribution in [2.45, 2.75) is 13.7 Å². The molecule has 2 nitrogen and oxygen atoms in total. The normalized spacial score (nSPS) is 27.7. The van der Waals surface area contributed by atoms with E-state index in [0.717, 1.165) is 0 Å². The number of hydrogen-bond donors (Lipinski definition) is 1. The largest absolute Gasteiger partial charge is 0.512 e. The first kappa shape index (κ1) is 1.34. The maximum Gasteiger partial charge on any atom is 0.155 e. The lowest BCUT2D eigenvalue weighted by Gasteiger charge is -1.80. The SMILES string of the molecule is [2H]C([2H])([2H])C(=O)/C=C(\O)C([2H])([2H])[2H]. The summed E-state index contributed by atoms with van der Waals surface area (Å²) in [6.07, 6.45) is 0.208. The molecule has 0 fully saturated rings. The van der Waals surface area contributed by atoms with Crippen LogP contribution < -0.4 is 0 Å². The molecule has 0 aromatic carbocycles. The summed E-state index contributed by atoms with van der Waals surface area (Å²) >= 11 is 0. The third kappa shape index (κ3) is 5.21. The first-order chi connectivity index (χ1) is 5.55. The Hall–Kier alpha value is -0.790. The van der Waals surface area contributed by atoms with Gasteiger partial charge in [-0.15, -0.1) is 0 Å². The Morgan fingerprint density at radius 3 is 3.00 bits per heavy atom. The van der Waals surface area contributed by atoms with Crippen molar-refractivity contribution in [2.75, 3.05) is 0 Å². The Kier molecular flexibility index (Phi) is 0.459. The number of aliphatic hydroxyl groups is 1. The summed E-state index contributed by atoms with van der Waals surface area (Å²) in [4.78, 5) is 10.7. The van der Waals surface area contributed by atoms with Gasteiger partial charge in [0.2, 0.25) is 0 Å². The monoisotopic (exact) mass is 106 g/mol. The highest BCUT2D eigenvalue weighted by Crippen LogP contribution is 1.82. The van der Waals surface area contributed by atoms with Crippen molar-refractivity contribution in [2.24, 2.45) is 0 Å². The lowest BCUT2D eigenvalue weighted by atomic mass is 10.4. The molecule has 0 aromatic rings. The maximum atomic E-state index is 10.7. The van der Waals surface area contributed by atoms with Crippen LogP contribution in [0.2, 0.25) is 0 Å². The third-order valence-corrected chi connectivity index (χ3v) is 0.268. The maximum absolute atomic E-state index is 10.7. The summed E-state index contributed by atoms with van der Waals surface area (Å²) in [6.45, 7) is -5.76. The molecule has 0 radical (unpaired) electrons. The van der Waals surface area contributed by atoms with Gasteiger partial charge in [-0.2, -0.15) is 0 Å². The summed E-state index contributed by atoms with van der Waals surface area (Å²) in [5.74, 6) is -2.62. The molecule has 2 heteroatoms. The van der Waals surface area contributed by atoms with Gasteiger partial charge >= 0.3 is 0 Å². The molecule has 0 rings (SSSR count). The molecule has 1 N–H and O–H groups in total. The number of carbonyl (C=O) groups excluding carboxylic acids is 1. The number of ketones is 1. The molecule has 0 saturated heterocycles. The van der Waals surface area contributed by atoms with E-state index in [1.807, 2.05) is 0 Å². The fraction of sp³-hybridized carbons (Fsp3) is 0.400. The van der Waals surface area contributed by atoms with Gasteiger partial charge < -0.3 is 5.11 Å². The third-order valence-electron chi connectivity index (χ3n) is 0.268. The standard InChI is InChI=1S/C5H8O2/c1-4(6)3-5(2)7/h3,6H,1-2H3/b4-3-/i1D3,2D3. The van der Waals surface area contributed by atoms with Gasteiger partial charge in [-0.1, -0.05) is 0 Å². The van der Waals surface area contributed by atoms with E-state index in [4.69, 9.17) is 13.3 Å². The average molecular weight is 106 g/mol. The van der Waals surface area contributed by atoms with Crippen LogP contribution in [0.1, 0.15) is 21.9 Å². The predicted octanol–water partition coefficient (Wildman–Crippen LogP) is 1.04. The van der Waals surface area contributed by atoms with Crippen LogP contribution in [-0.4, -0.2) is 10.9 Å². The van der Waals surface area contributed by atoms with Crippen molar-refractivity contribution in [3.8, 4) is 0 Å². The number of carbonyl (C=O) groups is 1. The summed E-state index contributed by atoms with van der Waals surface area (Å²) in [5, 5.41) is 8.75. The number of rotatable bonds is 1. The molecule has 0 aliphatic rings. The van der Waals surface area contributed by atoms with Crippen LogP contribution in [0.15, 0.2) is 11.8 Å². The summed E-state index contributed by atoms with van der Waals surface area (Å²) < 4.78 is 39.6. The minimum absolute atomic E-state index is 0.208. The van der Waals surface area contributed by atoms with Crippen LogP contribution in [-0.2, 0) is 4.79 Å². The van der Waals surface area contributed by atoms with E-state index in [9.17, 15) is 4.79 Å². The molecule has 7 heavy (non-hydrogen) atoms. The average Bonchev–Trinajstić information content (AvgIpc) is 1.82. The first-order valence-corrected chi connectivity index (χ1v) is 1.51. The Balaban J connectivity index is 4.70. The Labute approximate surface area is 50.9 Å². The van der Waals surface area contributed by atoms with E-state index in [2.05, 4.69) is 0 Å². The molecule has 40 valence electrons. The van der Waals surface area contributed by atoms with Crippen molar-refractivity contribution in [1.82, 2.24) is 0 Å². The molecule has 0 saturated carbocycles. The van der Waals surface area contributed by atoms with E-state index in [-0.39, 0.29) is 6.08 Å². The first-order valence-electron chi connectivity index (χ1n) is 4.51. The van der Waals surface area contributed by atoms with Gasteiger partial charge in [-0.3, -0.25) is 4.79 Å². The minimum atomic E-state index is -2.92. The lowest BCUT2D eigenvalue weighted by Crippen LogP contribution is -1.82.